The van der Waals surface area contributed by atoms with Crippen LogP contribution in [0.25, 0.3) is 11.3 Å². The number of methoxy groups -OCH3 is 2. The van der Waals surface area contributed by atoms with Gasteiger partial charge in [0.25, 0.3) is 5.91 Å². The normalized spacial score (nSPS) is 13.6. The molecule has 1 aliphatic heterocycles. The molecule has 9 heteroatoms. The molecule has 31 heavy (non-hydrogen) atoms. The topological polar surface area (TPSA) is 105 Å². The first-order valence-corrected chi connectivity index (χ1v) is 9.73. The third-order valence-electron chi connectivity index (χ3n) is 5.17. The predicted octanol–water partition coefficient (Wildman–Crippen LogP) is 2.59. The van der Waals surface area contributed by atoms with Crippen molar-refractivity contribution in [3.05, 3.63) is 53.9 Å². The van der Waals surface area contributed by atoms with Crippen LogP contribution >= 0.6 is 0 Å². The number of pyridine rings is 1. The van der Waals surface area contributed by atoms with Gasteiger partial charge in [-0.3, -0.25) is 4.79 Å². The van der Waals surface area contributed by atoms with E-state index in [9.17, 15) is 10.1 Å². The van der Waals surface area contributed by atoms with Crippen LogP contribution < -0.4 is 14.4 Å². The van der Waals surface area contributed by atoms with Crippen molar-refractivity contribution in [2.75, 3.05) is 45.3 Å². The van der Waals surface area contributed by atoms with E-state index in [4.69, 9.17) is 14.0 Å². The van der Waals surface area contributed by atoms with E-state index >= 15 is 0 Å². The summed E-state index contributed by atoms with van der Waals surface area (Å²) < 4.78 is 16.1. The summed E-state index contributed by atoms with van der Waals surface area (Å²) in [5, 5.41) is 13.3. The molecular formula is C22H21N5O4. The molecule has 0 atom stereocenters. The Morgan fingerprint density at radius 2 is 1.94 bits per heavy atom. The maximum atomic E-state index is 12.9. The molecule has 1 aliphatic rings. The predicted molar refractivity (Wildman–Crippen MR) is 112 cm³/mol. The van der Waals surface area contributed by atoms with E-state index in [-0.39, 0.29) is 11.6 Å². The third-order valence-corrected chi connectivity index (χ3v) is 5.17. The van der Waals surface area contributed by atoms with Crippen LogP contribution in [-0.2, 0) is 0 Å². The number of nitrogens with zero attached hydrogens (tertiary/aromatic N) is 5. The summed E-state index contributed by atoms with van der Waals surface area (Å²) in [5.74, 6) is 2.09. The molecule has 1 aromatic carbocycles. The molecule has 1 fully saturated rings. The Balaban J connectivity index is 1.48. The summed E-state index contributed by atoms with van der Waals surface area (Å²) in [6.45, 7) is 2.13. The Kier molecular flexibility index (Phi) is 5.71. The van der Waals surface area contributed by atoms with Gasteiger partial charge in [0.15, 0.2) is 11.5 Å². The van der Waals surface area contributed by atoms with Gasteiger partial charge in [-0.15, -0.1) is 0 Å². The van der Waals surface area contributed by atoms with E-state index in [1.54, 1.807) is 61.7 Å². The molecule has 0 N–H and O–H groups in total. The van der Waals surface area contributed by atoms with E-state index in [0.29, 0.717) is 60.4 Å². The fourth-order valence-corrected chi connectivity index (χ4v) is 3.53. The lowest BCUT2D eigenvalue weighted by molar-refractivity contribution is 0.0736. The van der Waals surface area contributed by atoms with Gasteiger partial charge in [-0.1, -0.05) is 5.16 Å². The van der Waals surface area contributed by atoms with Gasteiger partial charge in [0.05, 0.1) is 25.3 Å². The summed E-state index contributed by atoms with van der Waals surface area (Å²) >= 11 is 0. The fraction of sp³-hybridized carbons (Fsp3) is 0.273. The van der Waals surface area contributed by atoms with E-state index in [0.717, 1.165) is 0 Å². The van der Waals surface area contributed by atoms with Crippen LogP contribution in [0, 0.1) is 11.3 Å². The van der Waals surface area contributed by atoms with Crippen molar-refractivity contribution in [1.29, 1.82) is 5.26 Å². The minimum atomic E-state index is -0.210. The highest BCUT2D eigenvalue weighted by Crippen LogP contribution is 2.34. The second kappa shape index (κ2) is 8.75. The number of hydrogen-bond donors (Lipinski definition) is 0. The molecule has 3 aromatic rings. The van der Waals surface area contributed by atoms with Crippen molar-refractivity contribution in [2.24, 2.45) is 0 Å². The van der Waals surface area contributed by atoms with Gasteiger partial charge in [-0.05, 0) is 30.3 Å². The maximum absolute atomic E-state index is 12.9. The van der Waals surface area contributed by atoms with E-state index in [1.165, 1.54) is 0 Å². The Hall–Kier alpha value is -4.06. The Bertz CT molecular complexity index is 1130. The lowest BCUT2D eigenvalue weighted by atomic mass is 10.1. The number of hydrogen-bond acceptors (Lipinski definition) is 8. The lowest BCUT2D eigenvalue weighted by Gasteiger charge is -2.35. The summed E-state index contributed by atoms with van der Waals surface area (Å²) in [7, 11) is 3.14. The summed E-state index contributed by atoms with van der Waals surface area (Å²) in [6.07, 6.45) is 1.66. The number of nitriles is 1. The Morgan fingerprint density at radius 3 is 2.65 bits per heavy atom. The molecule has 1 saturated heterocycles. The van der Waals surface area contributed by atoms with Crippen molar-refractivity contribution < 1.29 is 18.8 Å². The van der Waals surface area contributed by atoms with Gasteiger partial charge >= 0.3 is 0 Å². The highest BCUT2D eigenvalue weighted by atomic mass is 16.5. The van der Waals surface area contributed by atoms with Gasteiger partial charge in [-0.2, -0.15) is 5.26 Å². The van der Waals surface area contributed by atoms with E-state index in [2.05, 4.69) is 16.2 Å². The molecule has 0 aliphatic carbocycles. The molecule has 4 rings (SSSR count). The molecule has 158 valence electrons. The zero-order valence-corrected chi connectivity index (χ0v) is 17.2. The number of carbonyl (C=O) groups excluding carboxylic acids is 1. The first-order chi connectivity index (χ1) is 15.1. The van der Waals surface area contributed by atoms with Crippen LogP contribution in [0.1, 0.15) is 16.1 Å². The molecule has 2 aromatic heterocycles. The lowest BCUT2D eigenvalue weighted by Crippen LogP contribution is -2.49. The first-order valence-electron chi connectivity index (χ1n) is 9.73. The highest BCUT2D eigenvalue weighted by Gasteiger charge is 2.26. The van der Waals surface area contributed by atoms with Crippen molar-refractivity contribution in [3.8, 4) is 28.9 Å². The smallest absolute Gasteiger partial charge is 0.276 e. The highest BCUT2D eigenvalue weighted by molar-refractivity contribution is 5.93. The van der Waals surface area contributed by atoms with Crippen molar-refractivity contribution in [3.63, 3.8) is 0 Å². The molecule has 3 heterocycles. The number of anilines is 1. The number of piperazine rings is 1. The molecule has 0 saturated carbocycles. The van der Waals surface area contributed by atoms with Crippen LogP contribution in [-0.4, -0.2) is 61.3 Å². The molecule has 0 radical (unpaired) electrons. The first kappa shape index (κ1) is 20.2. The average Bonchev–Trinajstić information content (AvgIpc) is 3.33. The molecule has 1 amide bonds. The van der Waals surface area contributed by atoms with E-state index in [1.807, 2.05) is 4.90 Å². The van der Waals surface area contributed by atoms with Crippen LogP contribution in [0.2, 0.25) is 0 Å². The van der Waals surface area contributed by atoms with Crippen molar-refractivity contribution >= 4 is 11.7 Å². The van der Waals surface area contributed by atoms with Crippen LogP contribution in [0.15, 0.2) is 47.1 Å². The zero-order valence-electron chi connectivity index (χ0n) is 17.2. The molecule has 0 unspecified atom stereocenters. The molecule has 0 bridgehead atoms. The molecule has 9 nitrogen and oxygen atoms in total. The molecular weight excluding hydrogens is 398 g/mol. The van der Waals surface area contributed by atoms with Gasteiger partial charge < -0.3 is 23.8 Å². The number of ether oxygens (including phenoxy) is 2. The largest absolute Gasteiger partial charge is 0.497 e. The third kappa shape index (κ3) is 4.00. The van der Waals surface area contributed by atoms with Gasteiger partial charge in [0.1, 0.15) is 23.4 Å². The number of aromatic nitrogens is 2. The van der Waals surface area contributed by atoms with Crippen molar-refractivity contribution in [1.82, 2.24) is 15.0 Å². The minimum absolute atomic E-state index is 0.210. The summed E-state index contributed by atoms with van der Waals surface area (Å²) in [5.41, 5.74) is 1.40. The number of carbonyl (C=O) groups is 1. The van der Waals surface area contributed by atoms with Crippen molar-refractivity contribution in [2.45, 2.75) is 0 Å². The number of amides is 1. The average molecular weight is 419 g/mol. The summed E-state index contributed by atoms with van der Waals surface area (Å²) in [6, 6.07) is 12.6. The van der Waals surface area contributed by atoms with Crippen LogP contribution in [0.5, 0.6) is 11.5 Å². The minimum Gasteiger partial charge on any atom is -0.497 e. The van der Waals surface area contributed by atoms with Gasteiger partial charge in [0, 0.05) is 38.4 Å². The second-order valence-electron chi connectivity index (χ2n) is 6.91. The monoisotopic (exact) mass is 419 g/mol. The SMILES string of the molecule is COc1ccc(OC)c(-c2cc(C(=O)N3CCN(c4ncccc4C#N)CC3)no2)c1. The zero-order chi connectivity index (χ0) is 21.8. The van der Waals surface area contributed by atoms with Gasteiger partial charge in [0.2, 0.25) is 0 Å². The summed E-state index contributed by atoms with van der Waals surface area (Å²) in [4.78, 5) is 21.0. The maximum Gasteiger partial charge on any atom is 0.276 e. The van der Waals surface area contributed by atoms with Gasteiger partial charge in [-0.25, -0.2) is 4.98 Å². The van der Waals surface area contributed by atoms with Crippen LogP contribution in [0.3, 0.4) is 0 Å². The molecule has 0 spiro atoms. The number of rotatable bonds is 5. The van der Waals surface area contributed by atoms with Crippen LogP contribution in [0.4, 0.5) is 5.82 Å². The quantitative estimate of drug-likeness (QED) is 0.621. The fourth-order valence-electron chi connectivity index (χ4n) is 3.53. The second-order valence-corrected chi connectivity index (χ2v) is 6.91. The Morgan fingerprint density at radius 1 is 1.13 bits per heavy atom. The standard InChI is InChI=1S/C22H21N5O4/c1-29-16-5-6-19(30-2)17(12-16)20-13-18(25-31-20)22(28)27-10-8-26(9-11-27)21-15(14-23)4-3-7-24-21/h3-7,12-13H,8-11H2,1-2H3. The number of benzene rings is 1. The Labute approximate surface area is 179 Å². The van der Waals surface area contributed by atoms with E-state index < -0.39 is 0 Å².